The number of anilines is 2. The molecule has 0 saturated heterocycles. The van der Waals surface area contributed by atoms with Crippen LogP contribution in [0.15, 0.2) is 0 Å². The Balaban J connectivity index is 1.81. The molecular formula is C15H25N5O. The van der Waals surface area contributed by atoms with Crippen molar-refractivity contribution in [3.63, 3.8) is 0 Å². The Morgan fingerprint density at radius 3 is 2.19 bits per heavy atom. The Labute approximate surface area is 126 Å². The van der Waals surface area contributed by atoms with Crippen LogP contribution in [-0.4, -0.2) is 41.2 Å². The van der Waals surface area contributed by atoms with Crippen LogP contribution in [0.4, 0.5) is 11.9 Å². The van der Waals surface area contributed by atoms with E-state index in [1.165, 1.54) is 25.7 Å². The number of nitrogens with one attached hydrogen (secondary N) is 1. The molecule has 0 aliphatic heterocycles. The first kappa shape index (κ1) is 14.4. The second-order valence-corrected chi connectivity index (χ2v) is 6.45. The molecule has 1 heterocycles. The Bertz CT molecular complexity index is 471. The lowest BCUT2D eigenvalue weighted by Crippen LogP contribution is -2.30. The number of aromatic nitrogens is 3. The predicted octanol–water partition coefficient (Wildman–Crippen LogP) is 2.33. The normalized spacial score (nSPS) is 17.9. The standard InChI is InChI=1S/C15H25N5O/c1-10(2)21-15-18-13(16-3)17-14(19-15)20(8-11-4-5-11)9-12-6-7-12/h10-12H,4-9H2,1-3H3,(H,16,17,18,19). The van der Waals surface area contributed by atoms with Crippen LogP contribution in [0.2, 0.25) is 0 Å². The van der Waals surface area contributed by atoms with Crippen LogP contribution in [0.25, 0.3) is 0 Å². The van der Waals surface area contributed by atoms with Crippen molar-refractivity contribution in [3.05, 3.63) is 0 Å². The van der Waals surface area contributed by atoms with E-state index in [0.29, 0.717) is 12.0 Å². The highest BCUT2D eigenvalue weighted by molar-refractivity contribution is 5.38. The fourth-order valence-corrected chi connectivity index (χ4v) is 2.32. The molecule has 1 aromatic rings. The molecule has 6 heteroatoms. The molecule has 0 bridgehead atoms. The molecule has 0 spiro atoms. The molecule has 2 aliphatic rings. The molecule has 3 rings (SSSR count). The lowest BCUT2D eigenvalue weighted by atomic mass is 10.3. The van der Waals surface area contributed by atoms with Crippen LogP contribution in [0.3, 0.4) is 0 Å². The summed E-state index contributed by atoms with van der Waals surface area (Å²) in [6, 6.07) is 0.413. The summed E-state index contributed by atoms with van der Waals surface area (Å²) < 4.78 is 5.66. The second kappa shape index (κ2) is 6.03. The van der Waals surface area contributed by atoms with Gasteiger partial charge in [-0.05, 0) is 51.4 Å². The Kier molecular flexibility index (Phi) is 4.12. The van der Waals surface area contributed by atoms with E-state index in [0.717, 1.165) is 30.9 Å². The summed E-state index contributed by atoms with van der Waals surface area (Å²) in [6.45, 7) is 6.08. The maximum atomic E-state index is 5.66. The molecule has 0 aromatic carbocycles. The van der Waals surface area contributed by atoms with Crippen LogP contribution in [0, 0.1) is 11.8 Å². The predicted molar refractivity (Wildman–Crippen MR) is 82.8 cm³/mol. The molecule has 2 saturated carbocycles. The van der Waals surface area contributed by atoms with Crippen molar-refractivity contribution < 1.29 is 4.74 Å². The minimum absolute atomic E-state index is 0.0604. The van der Waals surface area contributed by atoms with Crippen molar-refractivity contribution in [2.75, 3.05) is 30.4 Å². The topological polar surface area (TPSA) is 63.2 Å². The molecule has 1 aromatic heterocycles. The van der Waals surface area contributed by atoms with Crippen molar-refractivity contribution in [3.8, 4) is 6.01 Å². The van der Waals surface area contributed by atoms with Gasteiger partial charge in [0.1, 0.15) is 0 Å². The summed E-state index contributed by atoms with van der Waals surface area (Å²) in [6.07, 6.45) is 5.40. The van der Waals surface area contributed by atoms with Crippen molar-refractivity contribution in [2.24, 2.45) is 11.8 Å². The van der Waals surface area contributed by atoms with E-state index in [2.05, 4.69) is 25.2 Å². The Hall–Kier alpha value is -1.59. The zero-order chi connectivity index (χ0) is 14.8. The first-order chi connectivity index (χ1) is 10.1. The summed E-state index contributed by atoms with van der Waals surface area (Å²) in [5.41, 5.74) is 0. The third-order valence-electron chi connectivity index (χ3n) is 3.80. The van der Waals surface area contributed by atoms with Gasteiger partial charge in [-0.15, -0.1) is 0 Å². The van der Waals surface area contributed by atoms with Gasteiger partial charge in [-0.25, -0.2) is 0 Å². The largest absolute Gasteiger partial charge is 0.461 e. The zero-order valence-corrected chi connectivity index (χ0v) is 13.2. The smallest absolute Gasteiger partial charge is 0.323 e. The number of ether oxygens (including phenoxy) is 1. The average molecular weight is 291 g/mol. The second-order valence-electron chi connectivity index (χ2n) is 6.45. The molecule has 6 nitrogen and oxygen atoms in total. The number of rotatable bonds is 8. The van der Waals surface area contributed by atoms with Gasteiger partial charge in [-0.3, -0.25) is 0 Å². The number of hydrogen-bond acceptors (Lipinski definition) is 6. The molecule has 0 amide bonds. The van der Waals surface area contributed by atoms with Crippen LogP contribution in [0.5, 0.6) is 6.01 Å². The fourth-order valence-electron chi connectivity index (χ4n) is 2.32. The third-order valence-corrected chi connectivity index (χ3v) is 3.80. The average Bonchev–Trinajstić information content (AvgIpc) is 3.32. The molecule has 2 aliphatic carbocycles. The molecule has 2 fully saturated rings. The van der Waals surface area contributed by atoms with E-state index in [-0.39, 0.29) is 6.10 Å². The van der Waals surface area contributed by atoms with Crippen molar-refractivity contribution >= 4 is 11.9 Å². The van der Waals surface area contributed by atoms with E-state index in [4.69, 9.17) is 4.74 Å². The van der Waals surface area contributed by atoms with Crippen LogP contribution < -0.4 is 15.0 Å². The van der Waals surface area contributed by atoms with Gasteiger partial charge < -0.3 is 15.0 Å². The van der Waals surface area contributed by atoms with Gasteiger partial charge in [0, 0.05) is 20.1 Å². The number of hydrogen-bond donors (Lipinski definition) is 1. The highest BCUT2D eigenvalue weighted by atomic mass is 16.5. The molecule has 21 heavy (non-hydrogen) atoms. The van der Waals surface area contributed by atoms with Crippen molar-refractivity contribution in [1.82, 2.24) is 15.0 Å². The van der Waals surface area contributed by atoms with Crippen molar-refractivity contribution in [2.45, 2.75) is 45.6 Å². The lowest BCUT2D eigenvalue weighted by molar-refractivity contribution is 0.222. The molecule has 116 valence electrons. The monoisotopic (exact) mass is 291 g/mol. The summed E-state index contributed by atoms with van der Waals surface area (Å²) in [5.74, 6) is 2.96. The van der Waals surface area contributed by atoms with Gasteiger partial charge >= 0.3 is 6.01 Å². The van der Waals surface area contributed by atoms with Crippen molar-refractivity contribution in [1.29, 1.82) is 0 Å². The van der Waals surface area contributed by atoms with Crippen LogP contribution in [0.1, 0.15) is 39.5 Å². The van der Waals surface area contributed by atoms with E-state index in [1.807, 2.05) is 20.9 Å². The maximum absolute atomic E-state index is 5.66. The zero-order valence-electron chi connectivity index (χ0n) is 13.2. The minimum Gasteiger partial charge on any atom is -0.461 e. The molecule has 1 N–H and O–H groups in total. The molecule has 0 radical (unpaired) electrons. The van der Waals surface area contributed by atoms with Gasteiger partial charge in [-0.2, -0.15) is 15.0 Å². The number of nitrogens with zero attached hydrogens (tertiary/aromatic N) is 4. The fraction of sp³-hybridized carbons (Fsp3) is 0.800. The quantitative estimate of drug-likeness (QED) is 0.793. The van der Waals surface area contributed by atoms with Crippen LogP contribution in [-0.2, 0) is 0 Å². The minimum atomic E-state index is 0.0604. The highest BCUT2D eigenvalue weighted by Gasteiger charge is 2.31. The SMILES string of the molecule is CNc1nc(OC(C)C)nc(N(CC2CC2)CC2CC2)n1. The Morgan fingerprint density at radius 1 is 1.10 bits per heavy atom. The summed E-state index contributed by atoms with van der Waals surface area (Å²) in [5, 5.41) is 3.00. The van der Waals surface area contributed by atoms with E-state index in [1.54, 1.807) is 0 Å². The molecule has 0 atom stereocenters. The Morgan fingerprint density at radius 2 is 1.71 bits per heavy atom. The summed E-state index contributed by atoms with van der Waals surface area (Å²) in [7, 11) is 1.82. The first-order valence-corrected chi connectivity index (χ1v) is 7.99. The highest BCUT2D eigenvalue weighted by Crippen LogP contribution is 2.35. The third kappa shape index (κ3) is 4.19. The van der Waals surface area contributed by atoms with Gasteiger partial charge in [0.15, 0.2) is 0 Å². The van der Waals surface area contributed by atoms with Crippen LogP contribution >= 0.6 is 0 Å². The molecule has 0 unspecified atom stereocenters. The summed E-state index contributed by atoms with van der Waals surface area (Å²) >= 11 is 0. The van der Waals surface area contributed by atoms with E-state index >= 15 is 0 Å². The van der Waals surface area contributed by atoms with E-state index < -0.39 is 0 Å². The first-order valence-electron chi connectivity index (χ1n) is 7.99. The van der Waals surface area contributed by atoms with Gasteiger partial charge in [0.2, 0.25) is 11.9 Å². The lowest BCUT2D eigenvalue weighted by Gasteiger charge is -2.23. The summed E-state index contributed by atoms with van der Waals surface area (Å²) in [4.78, 5) is 15.7. The van der Waals surface area contributed by atoms with Gasteiger partial charge in [-0.1, -0.05) is 0 Å². The molecular weight excluding hydrogens is 266 g/mol. The van der Waals surface area contributed by atoms with Gasteiger partial charge in [0.25, 0.3) is 0 Å². The van der Waals surface area contributed by atoms with E-state index in [9.17, 15) is 0 Å². The maximum Gasteiger partial charge on any atom is 0.323 e. The van der Waals surface area contributed by atoms with Gasteiger partial charge in [0.05, 0.1) is 6.10 Å².